The summed E-state index contributed by atoms with van der Waals surface area (Å²) >= 11 is 5.86. The van der Waals surface area contributed by atoms with Gasteiger partial charge in [0, 0.05) is 16.3 Å². The van der Waals surface area contributed by atoms with Crippen molar-refractivity contribution in [2.75, 3.05) is 0 Å². The fraction of sp³-hybridized carbons (Fsp3) is 0.400. The Labute approximate surface area is 166 Å². The molecule has 1 aromatic carbocycles. The third kappa shape index (κ3) is 5.09. The lowest BCUT2D eigenvalue weighted by Crippen LogP contribution is -2.40. The molecule has 5 nitrogen and oxygen atoms in total. The summed E-state index contributed by atoms with van der Waals surface area (Å²) in [5.41, 5.74) is 1.24. The van der Waals surface area contributed by atoms with Crippen molar-refractivity contribution < 1.29 is 19.1 Å². The first-order valence-corrected chi connectivity index (χ1v) is 12.1. The predicted molar refractivity (Wildman–Crippen MR) is 109 cm³/mol. The smallest absolute Gasteiger partial charge is 0.352 e. The Morgan fingerprint density at radius 2 is 1.70 bits per heavy atom. The second-order valence-corrected chi connectivity index (χ2v) is 13.3. The number of Topliss-reactive ketones (excluding diaryl/α,β-unsaturated/α-hetero) is 1. The normalized spacial score (nSPS) is 12.2. The van der Waals surface area contributed by atoms with Crippen molar-refractivity contribution in [2.24, 2.45) is 0 Å². The lowest BCUT2D eigenvalue weighted by Gasteiger charge is -2.36. The number of benzene rings is 1. The molecule has 0 aliphatic heterocycles. The molecule has 146 valence electrons. The number of carbonyl (C=O) groups excluding carboxylic acids is 1. The van der Waals surface area contributed by atoms with E-state index < -0.39 is 14.3 Å². The number of rotatable bonds is 7. The fourth-order valence-corrected chi connectivity index (χ4v) is 3.42. The van der Waals surface area contributed by atoms with Crippen molar-refractivity contribution >= 4 is 31.7 Å². The number of ketones is 1. The van der Waals surface area contributed by atoms with Gasteiger partial charge in [-0.3, -0.25) is 4.79 Å². The molecule has 0 unspecified atom stereocenters. The van der Waals surface area contributed by atoms with E-state index in [-0.39, 0.29) is 29.7 Å². The zero-order chi connectivity index (χ0) is 20.4. The summed E-state index contributed by atoms with van der Waals surface area (Å²) in [5, 5.41) is 10.1. The Balaban J connectivity index is 2.26. The second-order valence-electron chi connectivity index (χ2n) is 8.08. The minimum Gasteiger partial charge on any atom is -0.477 e. The molecule has 0 aliphatic carbocycles. The molecule has 0 radical (unpaired) electrons. The molecule has 0 saturated carbocycles. The van der Waals surface area contributed by atoms with Gasteiger partial charge in [-0.1, -0.05) is 32.4 Å². The predicted octanol–water partition coefficient (Wildman–Crippen LogP) is 5.24. The van der Waals surface area contributed by atoms with Crippen LogP contribution < -0.4 is 0 Å². The number of carboxylic acid groups (broad SMARTS) is 1. The average Bonchev–Trinajstić information content (AvgIpc) is 2.95. The van der Waals surface area contributed by atoms with Crippen molar-refractivity contribution in [1.29, 1.82) is 0 Å². The molecule has 0 saturated heterocycles. The third-order valence-corrected chi connectivity index (χ3v) is 9.88. The SMILES string of the molecule is CC(C)(C)[Si](C)(C)OCc1ccc(C(=O)O)n1CC(=O)c1ccc(Cl)cc1. The Hall–Kier alpha value is -1.89. The van der Waals surface area contributed by atoms with Crippen LogP contribution in [0.4, 0.5) is 0 Å². The maximum Gasteiger partial charge on any atom is 0.352 e. The number of carbonyl (C=O) groups is 2. The van der Waals surface area contributed by atoms with Gasteiger partial charge < -0.3 is 14.1 Å². The van der Waals surface area contributed by atoms with Crippen molar-refractivity contribution in [3.05, 3.63) is 58.4 Å². The first-order chi connectivity index (χ1) is 12.4. The van der Waals surface area contributed by atoms with Crippen LogP contribution in [0.25, 0.3) is 0 Å². The number of hydrogen-bond donors (Lipinski definition) is 1. The molecule has 0 spiro atoms. The maximum absolute atomic E-state index is 12.6. The van der Waals surface area contributed by atoms with E-state index in [1.165, 1.54) is 10.6 Å². The highest BCUT2D eigenvalue weighted by molar-refractivity contribution is 6.74. The van der Waals surface area contributed by atoms with Crippen LogP contribution in [0.1, 0.15) is 47.3 Å². The summed E-state index contributed by atoms with van der Waals surface area (Å²) in [6.45, 7) is 10.9. The van der Waals surface area contributed by atoms with Gasteiger partial charge in [0.05, 0.1) is 13.2 Å². The Morgan fingerprint density at radius 1 is 1.11 bits per heavy atom. The average molecular weight is 408 g/mol. The van der Waals surface area contributed by atoms with Gasteiger partial charge in [0.15, 0.2) is 14.1 Å². The molecule has 7 heteroatoms. The van der Waals surface area contributed by atoms with Crippen LogP contribution in [0.5, 0.6) is 0 Å². The van der Waals surface area contributed by atoms with Gasteiger partial charge in [-0.2, -0.15) is 0 Å². The van der Waals surface area contributed by atoms with E-state index >= 15 is 0 Å². The maximum atomic E-state index is 12.6. The van der Waals surface area contributed by atoms with Gasteiger partial charge in [-0.15, -0.1) is 0 Å². The topological polar surface area (TPSA) is 68.5 Å². The fourth-order valence-electron chi connectivity index (χ4n) is 2.35. The van der Waals surface area contributed by atoms with Crippen LogP contribution in [-0.2, 0) is 17.6 Å². The standard InChI is InChI=1S/C20H26ClNO4Si/c1-20(2,3)27(4,5)26-13-16-10-11-17(19(24)25)22(16)12-18(23)14-6-8-15(21)9-7-14/h6-11H,12-13H2,1-5H3,(H,24,25). The highest BCUT2D eigenvalue weighted by Crippen LogP contribution is 2.37. The van der Waals surface area contributed by atoms with Gasteiger partial charge in [0.2, 0.25) is 0 Å². The summed E-state index contributed by atoms with van der Waals surface area (Å²) in [6, 6.07) is 9.79. The minimum atomic E-state index is -2.00. The quantitative estimate of drug-likeness (QED) is 0.503. The van der Waals surface area contributed by atoms with Gasteiger partial charge in [0.25, 0.3) is 0 Å². The van der Waals surface area contributed by atoms with Gasteiger partial charge in [0.1, 0.15) is 5.69 Å². The largest absolute Gasteiger partial charge is 0.477 e. The molecule has 0 bridgehead atoms. The van der Waals surface area contributed by atoms with Gasteiger partial charge >= 0.3 is 5.97 Å². The molecule has 0 fully saturated rings. The van der Waals surface area contributed by atoms with Crippen LogP contribution in [0.2, 0.25) is 23.2 Å². The zero-order valence-corrected chi connectivity index (χ0v) is 18.1. The number of carboxylic acids is 1. The van der Waals surface area contributed by atoms with Gasteiger partial charge in [-0.25, -0.2) is 4.79 Å². The van der Waals surface area contributed by atoms with E-state index in [9.17, 15) is 14.7 Å². The molecular formula is C20H26ClNO4Si. The van der Waals surface area contributed by atoms with Crippen LogP contribution in [0, 0.1) is 0 Å². The number of nitrogens with zero attached hydrogens (tertiary/aromatic N) is 1. The molecule has 0 atom stereocenters. The Kier molecular flexibility index (Phi) is 6.34. The van der Waals surface area contributed by atoms with E-state index in [0.717, 1.165) is 0 Å². The first kappa shape index (κ1) is 21.4. The number of aromatic carboxylic acids is 1. The van der Waals surface area contributed by atoms with Crippen molar-refractivity contribution in [3.63, 3.8) is 0 Å². The number of halogens is 1. The summed E-state index contributed by atoms with van der Waals surface area (Å²) in [5.74, 6) is -1.25. The monoisotopic (exact) mass is 407 g/mol. The number of aromatic nitrogens is 1. The highest BCUT2D eigenvalue weighted by atomic mass is 35.5. The van der Waals surface area contributed by atoms with Crippen molar-refractivity contribution in [2.45, 2.75) is 52.1 Å². The Bertz CT molecular complexity index is 835. The van der Waals surface area contributed by atoms with Crippen LogP contribution in [0.3, 0.4) is 0 Å². The summed E-state index contributed by atoms with van der Waals surface area (Å²) in [4.78, 5) is 24.2. The number of hydrogen-bond acceptors (Lipinski definition) is 3. The summed E-state index contributed by atoms with van der Waals surface area (Å²) < 4.78 is 7.73. The summed E-state index contributed by atoms with van der Waals surface area (Å²) in [7, 11) is -2.00. The molecule has 27 heavy (non-hydrogen) atoms. The molecule has 1 N–H and O–H groups in total. The lowest BCUT2D eigenvalue weighted by molar-refractivity contribution is 0.0684. The van der Waals surface area contributed by atoms with E-state index in [1.54, 1.807) is 30.3 Å². The molecule has 2 rings (SSSR count). The van der Waals surface area contributed by atoms with Crippen LogP contribution >= 0.6 is 11.6 Å². The minimum absolute atomic E-state index is 0.0409. The first-order valence-electron chi connectivity index (χ1n) is 8.77. The molecule has 2 aromatic rings. The van der Waals surface area contributed by atoms with E-state index in [0.29, 0.717) is 16.3 Å². The van der Waals surface area contributed by atoms with E-state index in [2.05, 4.69) is 33.9 Å². The van der Waals surface area contributed by atoms with E-state index in [1.807, 2.05) is 0 Å². The molecule has 0 aliphatic rings. The summed E-state index contributed by atoms with van der Waals surface area (Å²) in [6.07, 6.45) is 0. The lowest BCUT2D eigenvalue weighted by atomic mass is 10.1. The van der Waals surface area contributed by atoms with Crippen LogP contribution in [0.15, 0.2) is 36.4 Å². The molecule has 0 amide bonds. The molecular weight excluding hydrogens is 382 g/mol. The highest BCUT2D eigenvalue weighted by Gasteiger charge is 2.37. The second kappa shape index (κ2) is 8.00. The molecule has 1 aromatic heterocycles. The van der Waals surface area contributed by atoms with Crippen molar-refractivity contribution in [1.82, 2.24) is 4.57 Å². The van der Waals surface area contributed by atoms with Gasteiger partial charge in [-0.05, 0) is 54.5 Å². The van der Waals surface area contributed by atoms with Crippen molar-refractivity contribution in [3.8, 4) is 0 Å². The third-order valence-electron chi connectivity index (χ3n) is 5.15. The Morgan fingerprint density at radius 3 is 2.22 bits per heavy atom. The van der Waals surface area contributed by atoms with E-state index in [4.69, 9.17) is 16.0 Å². The zero-order valence-electron chi connectivity index (χ0n) is 16.4. The molecule has 1 heterocycles. The van der Waals surface area contributed by atoms with Crippen LogP contribution in [-0.4, -0.2) is 29.7 Å².